The fourth-order valence-corrected chi connectivity index (χ4v) is 3.51. The summed E-state index contributed by atoms with van der Waals surface area (Å²) in [6.45, 7) is 3.57. The summed E-state index contributed by atoms with van der Waals surface area (Å²) >= 11 is 1.40. The van der Waals surface area contributed by atoms with E-state index in [1.165, 1.54) is 11.8 Å². The second-order valence-corrected chi connectivity index (χ2v) is 6.87. The van der Waals surface area contributed by atoms with Crippen LogP contribution in [0.1, 0.15) is 30.1 Å². The number of hydrogen-bond acceptors (Lipinski definition) is 4. The van der Waals surface area contributed by atoms with Gasteiger partial charge in [0.2, 0.25) is 5.91 Å². The van der Waals surface area contributed by atoms with E-state index in [-0.39, 0.29) is 17.7 Å². The van der Waals surface area contributed by atoms with Crippen molar-refractivity contribution in [3.05, 3.63) is 35.9 Å². The van der Waals surface area contributed by atoms with Gasteiger partial charge in [0.05, 0.1) is 11.5 Å². The van der Waals surface area contributed by atoms with E-state index in [2.05, 4.69) is 0 Å². The van der Waals surface area contributed by atoms with Gasteiger partial charge in [0.1, 0.15) is 0 Å². The molecule has 120 valence electrons. The molecule has 0 bridgehead atoms. The molecular formula is C17H24N2O2S. The molecular weight excluding hydrogens is 296 g/mol. The van der Waals surface area contributed by atoms with Gasteiger partial charge in [-0.1, -0.05) is 30.3 Å². The topological polar surface area (TPSA) is 63.4 Å². The molecule has 0 aromatic heterocycles. The molecule has 4 nitrogen and oxygen atoms in total. The first-order valence-corrected chi connectivity index (χ1v) is 8.92. The third-order valence-electron chi connectivity index (χ3n) is 4.11. The summed E-state index contributed by atoms with van der Waals surface area (Å²) in [5.41, 5.74) is 6.65. The predicted octanol–water partition coefficient (Wildman–Crippen LogP) is 2.19. The minimum absolute atomic E-state index is 0.0745. The highest BCUT2D eigenvalue weighted by atomic mass is 32.2. The van der Waals surface area contributed by atoms with E-state index < -0.39 is 0 Å². The monoisotopic (exact) mass is 320 g/mol. The molecule has 2 unspecified atom stereocenters. The Labute approximate surface area is 136 Å². The average molecular weight is 320 g/mol. The van der Waals surface area contributed by atoms with Gasteiger partial charge in [0.25, 0.3) is 0 Å². The predicted molar refractivity (Wildman–Crippen MR) is 91.1 cm³/mol. The summed E-state index contributed by atoms with van der Waals surface area (Å²) in [5.74, 6) is 1.31. The van der Waals surface area contributed by atoms with Gasteiger partial charge >= 0.3 is 0 Å². The number of ketones is 1. The molecule has 22 heavy (non-hydrogen) atoms. The molecule has 2 N–H and O–H groups in total. The zero-order valence-electron chi connectivity index (χ0n) is 13.0. The number of carbonyl (C=O) groups is 2. The van der Waals surface area contributed by atoms with E-state index in [0.29, 0.717) is 23.0 Å². The van der Waals surface area contributed by atoms with Crippen LogP contribution in [0.25, 0.3) is 0 Å². The SMILES string of the molecule is CC(N)C1CCCN(C(=O)CSCC(=O)c2ccccc2)C1. The number of rotatable bonds is 6. The fraction of sp³-hybridized carbons (Fsp3) is 0.529. The summed E-state index contributed by atoms with van der Waals surface area (Å²) in [6, 6.07) is 9.34. The molecule has 1 heterocycles. The van der Waals surface area contributed by atoms with Crippen LogP contribution >= 0.6 is 11.8 Å². The van der Waals surface area contributed by atoms with Crippen LogP contribution in [0.2, 0.25) is 0 Å². The molecule has 0 aliphatic carbocycles. The number of hydrogen-bond donors (Lipinski definition) is 1. The second-order valence-electron chi connectivity index (χ2n) is 5.88. The number of thioether (sulfide) groups is 1. The smallest absolute Gasteiger partial charge is 0.232 e. The van der Waals surface area contributed by atoms with E-state index >= 15 is 0 Å². The van der Waals surface area contributed by atoms with Crippen molar-refractivity contribution in [1.82, 2.24) is 4.90 Å². The van der Waals surface area contributed by atoms with Gasteiger partial charge < -0.3 is 10.6 Å². The average Bonchev–Trinajstić information content (AvgIpc) is 2.55. The van der Waals surface area contributed by atoms with Crippen molar-refractivity contribution >= 4 is 23.5 Å². The lowest BCUT2D eigenvalue weighted by Crippen LogP contribution is -2.45. The number of Topliss-reactive ketones (excluding diaryl/α,β-unsaturated/α-hetero) is 1. The van der Waals surface area contributed by atoms with Crippen molar-refractivity contribution < 1.29 is 9.59 Å². The normalized spacial score (nSPS) is 19.7. The Kier molecular flexibility index (Phi) is 6.46. The number of piperidine rings is 1. The Morgan fingerprint density at radius 2 is 2.05 bits per heavy atom. The zero-order chi connectivity index (χ0) is 15.9. The lowest BCUT2D eigenvalue weighted by Gasteiger charge is -2.34. The standard InChI is InChI=1S/C17H24N2O2S/c1-13(18)15-8-5-9-19(10-15)17(21)12-22-11-16(20)14-6-3-2-4-7-14/h2-4,6-7,13,15H,5,8-12,18H2,1H3. The molecule has 1 amide bonds. The Bertz CT molecular complexity index is 505. The van der Waals surface area contributed by atoms with Gasteiger partial charge in [-0.05, 0) is 25.7 Å². The van der Waals surface area contributed by atoms with Crippen LogP contribution in [-0.4, -0.2) is 47.2 Å². The van der Waals surface area contributed by atoms with Crippen molar-refractivity contribution in [3.63, 3.8) is 0 Å². The van der Waals surface area contributed by atoms with Crippen LogP contribution in [0.5, 0.6) is 0 Å². The quantitative estimate of drug-likeness (QED) is 0.816. The molecule has 2 rings (SSSR count). The number of amides is 1. The molecule has 1 aromatic carbocycles. The van der Waals surface area contributed by atoms with Crippen molar-refractivity contribution in [2.45, 2.75) is 25.8 Å². The molecule has 1 aromatic rings. The molecule has 1 saturated heterocycles. The van der Waals surface area contributed by atoms with Crippen molar-refractivity contribution in [1.29, 1.82) is 0 Å². The second kappa shape index (κ2) is 8.34. The van der Waals surface area contributed by atoms with Crippen LogP contribution in [0.15, 0.2) is 30.3 Å². The van der Waals surface area contributed by atoms with E-state index in [0.717, 1.165) is 25.9 Å². The van der Waals surface area contributed by atoms with E-state index in [1.54, 1.807) is 0 Å². The minimum atomic E-state index is 0.0745. The Balaban J connectivity index is 1.75. The maximum atomic E-state index is 12.2. The zero-order valence-corrected chi connectivity index (χ0v) is 13.8. The highest BCUT2D eigenvalue weighted by molar-refractivity contribution is 8.00. The maximum Gasteiger partial charge on any atom is 0.232 e. The summed E-state index contributed by atoms with van der Waals surface area (Å²) in [5, 5.41) is 0. The Morgan fingerprint density at radius 3 is 2.73 bits per heavy atom. The molecule has 1 aliphatic rings. The summed E-state index contributed by atoms with van der Waals surface area (Å²) in [6.07, 6.45) is 2.12. The largest absolute Gasteiger partial charge is 0.342 e. The number of benzene rings is 1. The molecule has 0 spiro atoms. The fourth-order valence-electron chi connectivity index (χ4n) is 2.70. The first kappa shape index (κ1) is 17.0. The lowest BCUT2D eigenvalue weighted by molar-refractivity contribution is -0.130. The highest BCUT2D eigenvalue weighted by Crippen LogP contribution is 2.19. The van der Waals surface area contributed by atoms with Crippen LogP contribution in [0, 0.1) is 5.92 Å². The molecule has 1 aliphatic heterocycles. The van der Waals surface area contributed by atoms with Gasteiger partial charge in [-0.15, -0.1) is 11.8 Å². The van der Waals surface area contributed by atoms with Gasteiger partial charge in [-0.2, -0.15) is 0 Å². The molecule has 5 heteroatoms. The third-order valence-corrected chi connectivity index (χ3v) is 5.03. The van der Waals surface area contributed by atoms with Crippen LogP contribution in [0.4, 0.5) is 0 Å². The Hall–Kier alpha value is -1.33. The third kappa shape index (κ3) is 4.85. The van der Waals surface area contributed by atoms with Crippen molar-refractivity contribution in [2.75, 3.05) is 24.6 Å². The number of carbonyl (C=O) groups excluding carboxylic acids is 2. The van der Waals surface area contributed by atoms with Crippen molar-refractivity contribution in [3.8, 4) is 0 Å². The first-order valence-electron chi connectivity index (χ1n) is 7.77. The van der Waals surface area contributed by atoms with Crippen molar-refractivity contribution in [2.24, 2.45) is 11.7 Å². The summed E-state index contributed by atoms with van der Waals surface area (Å²) in [7, 11) is 0. The highest BCUT2D eigenvalue weighted by Gasteiger charge is 2.25. The van der Waals surface area contributed by atoms with Crippen LogP contribution in [0.3, 0.4) is 0 Å². The lowest BCUT2D eigenvalue weighted by atomic mass is 9.92. The van der Waals surface area contributed by atoms with E-state index in [4.69, 9.17) is 5.73 Å². The summed E-state index contributed by atoms with van der Waals surface area (Å²) < 4.78 is 0. The number of nitrogens with zero attached hydrogens (tertiary/aromatic N) is 1. The van der Waals surface area contributed by atoms with Gasteiger partial charge in [-0.25, -0.2) is 0 Å². The molecule has 2 atom stereocenters. The first-order chi connectivity index (χ1) is 10.6. The van der Waals surface area contributed by atoms with E-state index in [1.807, 2.05) is 42.2 Å². The van der Waals surface area contributed by atoms with Crippen LogP contribution < -0.4 is 5.73 Å². The Morgan fingerprint density at radius 1 is 1.32 bits per heavy atom. The number of likely N-dealkylation sites (tertiary alicyclic amines) is 1. The van der Waals surface area contributed by atoms with E-state index in [9.17, 15) is 9.59 Å². The van der Waals surface area contributed by atoms with Crippen LogP contribution in [-0.2, 0) is 4.79 Å². The molecule has 1 fully saturated rings. The summed E-state index contributed by atoms with van der Waals surface area (Å²) in [4.78, 5) is 26.1. The molecule has 0 radical (unpaired) electrons. The van der Waals surface area contributed by atoms with Gasteiger partial charge in [-0.3, -0.25) is 9.59 Å². The molecule has 0 saturated carbocycles. The van der Waals surface area contributed by atoms with Gasteiger partial charge in [0.15, 0.2) is 5.78 Å². The van der Waals surface area contributed by atoms with Gasteiger partial charge in [0, 0.05) is 24.7 Å². The minimum Gasteiger partial charge on any atom is -0.342 e. The maximum absolute atomic E-state index is 12.2. The number of nitrogens with two attached hydrogens (primary N) is 1.